The van der Waals surface area contributed by atoms with E-state index in [9.17, 15) is 4.79 Å². The first-order valence-corrected chi connectivity index (χ1v) is 4.84. The lowest BCUT2D eigenvalue weighted by molar-refractivity contribution is -0.117. The normalized spacial score (nSPS) is 21.6. The Hall–Kier alpha value is -1.23. The zero-order valence-electron chi connectivity index (χ0n) is 7.43. The smallest absolute Gasteiger partial charge is 0.251 e. The van der Waals surface area contributed by atoms with Crippen LogP contribution in [0.2, 0.25) is 0 Å². The van der Waals surface area contributed by atoms with Gasteiger partial charge in [0.15, 0.2) is 0 Å². The van der Waals surface area contributed by atoms with Crippen molar-refractivity contribution in [1.29, 1.82) is 0 Å². The second-order valence-corrected chi connectivity index (χ2v) is 3.48. The maximum Gasteiger partial charge on any atom is 0.251 e. The largest absolute Gasteiger partial charge is 0.279 e. The number of amides is 1. The molecule has 1 aromatic heterocycles. The van der Waals surface area contributed by atoms with E-state index in [-0.39, 0.29) is 11.8 Å². The van der Waals surface area contributed by atoms with E-state index >= 15 is 0 Å². The second-order valence-electron chi connectivity index (χ2n) is 3.17. The number of rotatable bonds is 2. The summed E-state index contributed by atoms with van der Waals surface area (Å²) in [5.41, 5.74) is 0. The molecule has 1 fully saturated rings. The van der Waals surface area contributed by atoms with E-state index in [2.05, 4.69) is 15.2 Å². The zero-order valence-corrected chi connectivity index (χ0v) is 8.18. The number of anilines is 1. The van der Waals surface area contributed by atoms with Gasteiger partial charge in [-0.25, -0.2) is 4.98 Å². The molecule has 0 spiro atoms. The molecule has 74 valence electrons. The van der Waals surface area contributed by atoms with Crippen LogP contribution < -0.4 is 4.90 Å². The standard InChI is InChI=1S/C8H9ClN4O/c9-4-6-3-7(14)13(5-6)8-10-1-2-11-12-8/h1-2,6H,3-5H2. The molecule has 1 unspecified atom stereocenters. The lowest BCUT2D eigenvalue weighted by Gasteiger charge is -2.11. The van der Waals surface area contributed by atoms with Gasteiger partial charge in [-0.3, -0.25) is 9.69 Å². The predicted molar refractivity (Wildman–Crippen MR) is 51.0 cm³/mol. The van der Waals surface area contributed by atoms with Crippen molar-refractivity contribution in [3.8, 4) is 0 Å². The lowest BCUT2D eigenvalue weighted by Crippen LogP contribution is -2.26. The van der Waals surface area contributed by atoms with Crippen LogP contribution in [0, 0.1) is 5.92 Å². The molecule has 0 radical (unpaired) electrons. The van der Waals surface area contributed by atoms with Crippen molar-refractivity contribution in [3.05, 3.63) is 12.4 Å². The Morgan fingerprint density at radius 1 is 1.57 bits per heavy atom. The molecule has 1 aliphatic heterocycles. The molecule has 0 aliphatic carbocycles. The predicted octanol–water partition coefficient (Wildman–Crippen LogP) is 0.463. The van der Waals surface area contributed by atoms with E-state index in [4.69, 9.17) is 11.6 Å². The van der Waals surface area contributed by atoms with Crippen molar-refractivity contribution in [2.75, 3.05) is 17.3 Å². The van der Waals surface area contributed by atoms with Crippen LogP contribution >= 0.6 is 11.6 Å². The van der Waals surface area contributed by atoms with Crippen LogP contribution in [0.1, 0.15) is 6.42 Å². The monoisotopic (exact) mass is 212 g/mol. The van der Waals surface area contributed by atoms with Crippen LogP contribution in [0.15, 0.2) is 12.4 Å². The third-order valence-electron chi connectivity index (χ3n) is 2.14. The molecule has 1 saturated heterocycles. The minimum Gasteiger partial charge on any atom is -0.279 e. The Labute approximate surface area is 86.1 Å². The van der Waals surface area contributed by atoms with Crippen molar-refractivity contribution < 1.29 is 4.79 Å². The number of hydrogen-bond acceptors (Lipinski definition) is 4. The van der Waals surface area contributed by atoms with Gasteiger partial charge < -0.3 is 0 Å². The third-order valence-corrected chi connectivity index (χ3v) is 2.57. The third kappa shape index (κ3) is 1.68. The number of aromatic nitrogens is 3. The first-order chi connectivity index (χ1) is 6.81. The van der Waals surface area contributed by atoms with E-state index in [0.717, 1.165) is 0 Å². The van der Waals surface area contributed by atoms with Crippen molar-refractivity contribution in [3.63, 3.8) is 0 Å². The van der Waals surface area contributed by atoms with Gasteiger partial charge in [0.25, 0.3) is 5.95 Å². The molecule has 0 bridgehead atoms. The maximum absolute atomic E-state index is 11.5. The quantitative estimate of drug-likeness (QED) is 0.669. The topological polar surface area (TPSA) is 59.0 Å². The molecular weight excluding hydrogens is 204 g/mol. The molecule has 1 amide bonds. The highest BCUT2D eigenvalue weighted by Crippen LogP contribution is 2.21. The minimum absolute atomic E-state index is 0.0173. The summed E-state index contributed by atoms with van der Waals surface area (Å²) in [6.07, 6.45) is 3.47. The first kappa shape index (κ1) is 9.33. The van der Waals surface area contributed by atoms with Gasteiger partial charge in [-0.1, -0.05) is 0 Å². The van der Waals surface area contributed by atoms with Crippen LogP contribution in [0.5, 0.6) is 0 Å². The highest BCUT2D eigenvalue weighted by molar-refractivity contribution is 6.18. The molecule has 1 aromatic rings. The molecular formula is C8H9ClN4O. The number of carbonyl (C=O) groups excluding carboxylic acids is 1. The van der Waals surface area contributed by atoms with Gasteiger partial charge in [0, 0.05) is 18.8 Å². The summed E-state index contributed by atoms with van der Waals surface area (Å²) in [6, 6.07) is 0. The number of halogens is 1. The molecule has 5 nitrogen and oxygen atoms in total. The molecule has 0 N–H and O–H groups in total. The summed E-state index contributed by atoms with van der Waals surface area (Å²) < 4.78 is 0. The van der Waals surface area contributed by atoms with Gasteiger partial charge in [-0.15, -0.1) is 16.7 Å². The van der Waals surface area contributed by atoms with Crippen LogP contribution in [0.25, 0.3) is 0 Å². The summed E-state index contributed by atoms with van der Waals surface area (Å²) in [6.45, 7) is 0.591. The lowest BCUT2D eigenvalue weighted by atomic mass is 10.2. The van der Waals surface area contributed by atoms with E-state index in [1.54, 1.807) is 0 Å². The molecule has 0 aromatic carbocycles. The molecule has 0 saturated carbocycles. The van der Waals surface area contributed by atoms with Crippen molar-refractivity contribution >= 4 is 23.5 Å². The van der Waals surface area contributed by atoms with Gasteiger partial charge in [-0.05, 0) is 5.92 Å². The Balaban J connectivity index is 2.17. The van der Waals surface area contributed by atoms with E-state index < -0.39 is 0 Å². The Morgan fingerprint density at radius 3 is 3.00 bits per heavy atom. The molecule has 2 rings (SSSR count). The van der Waals surface area contributed by atoms with Gasteiger partial charge in [0.1, 0.15) is 0 Å². The van der Waals surface area contributed by atoms with Gasteiger partial charge in [0.05, 0.1) is 12.4 Å². The van der Waals surface area contributed by atoms with Crippen molar-refractivity contribution in [2.24, 2.45) is 5.92 Å². The fourth-order valence-electron chi connectivity index (χ4n) is 1.44. The summed E-state index contributed by atoms with van der Waals surface area (Å²) in [7, 11) is 0. The molecule has 14 heavy (non-hydrogen) atoms. The van der Waals surface area contributed by atoms with Gasteiger partial charge in [-0.2, -0.15) is 5.10 Å². The fraction of sp³-hybridized carbons (Fsp3) is 0.500. The second kappa shape index (κ2) is 3.88. The van der Waals surface area contributed by atoms with Crippen molar-refractivity contribution in [1.82, 2.24) is 15.2 Å². The van der Waals surface area contributed by atoms with Crippen LogP contribution in [0.3, 0.4) is 0 Å². The highest BCUT2D eigenvalue weighted by atomic mass is 35.5. The Bertz CT molecular complexity index is 331. The van der Waals surface area contributed by atoms with Crippen LogP contribution in [-0.2, 0) is 4.79 Å². The average molecular weight is 213 g/mol. The first-order valence-electron chi connectivity index (χ1n) is 4.31. The SMILES string of the molecule is O=C1CC(CCl)CN1c1nccnn1. The zero-order chi connectivity index (χ0) is 9.97. The number of alkyl halides is 1. The summed E-state index contributed by atoms with van der Waals surface area (Å²) in [5, 5.41) is 7.46. The number of hydrogen-bond donors (Lipinski definition) is 0. The maximum atomic E-state index is 11.5. The number of carbonyl (C=O) groups is 1. The summed E-state index contributed by atoms with van der Waals surface area (Å²) in [4.78, 5) is 17.0. The summed E-state index contributed by atoms with van der Waals surface area (Å²) >= 11 is 5.69. The minimum atomic E-state index is 0.0173. The highest BCUT2D eigenvalue weighted by Gasteiger charge is 2.31. The van der Waals surface area contributed by atoms with E-state index in [1.165, 1.54) is 17.3 Å². The summed E-state index contributed by atoms with van der Waals surface area (Å²) in [5.74, 6) is 1.07. The molecule has 2 heterocycles. The van der Waals surface area contributed by atoms with Crippen molar-refractivity contribution in [2.45, 2.75) is 6.42 Å². The van der Waals surface area contributed by atoms with E-state index in [1.807, 2.05) is 0 Å². The number of nitrogens with zero attached hydrogens (tertiary/aromatic N) is 4. The fourth-order valence-corrected chi connectivity index (χ4v) is 1.65. The molecule has 6 heteroatoms. The van der Waals surface area contributed by atoms with Crippen LogP contribution in [0.4, 0.5) is 5.95 Å². The van der Waals surface area contributed by atoms with Gasteiger partial charge >= 0.3 is 0 Å². The van der Waals surface area contributed by atoms with E-state index in [0.29, 0.717) is 24.8 Å². The molecule has 1 aliphatic rings. The Morgan fingerprint density at radius 2 is 2.43 bits per heavy atom. The average Bonchev–Trinajstić information content (AvgIpc) is 2.61. The Kier molecular flexibility index (Phi) is 2.58. The molecule has 1 atom stereocenters. The van der Waals surface area contributed by atoms with Crippen LogP contribution in [-0.4, -0.2) is 33.5 Å². The van der Waals surface area contributed by atoms with Gasteiger partial charge in [0.2, 0.25) is 5.91 Å².